The zero-order valence-corrected chi connectivity index (χ0v) is 19.4. The Hall–Kier alpha value is -2.02. The molecule has 0 aromatic carbocycles. The number of aliphatic hydroxyl groups excluding tert-OH is 1. The van der Waals surface area contributed by atoms with Gasteiger partial charge in [0.2, 0.25) is 5.88 Å². The normalized spacial score (nSPS) is 16.5. The monoisotopic (exact) mass is 459 g/mol. The van der Waals surface area contributed by atoms with Gasteiger partial charge >= 0.3 is 12.0 Å². The van der Waals surface area contributed by atoms with E-state index >= 15 is 0 Å². The summed E-state index contributed by atoms with van der Waals surface area (Å²) in [5.41, 5.74) is 0.146. The number of carbonyl (C=O) groups is 2. The van der Waals surface area contributed by atoms with Gasteiger partial charge in [0.05, 0.1) is 38.5 Å². The lowest BCUT2D eigenvalue weighted by atomic mass is 10.0. The summed E-state index contributed by atoms with van der Waals surface area (Å²) in [6.07, 6.45) is -0.619. The minimum atomic E-state index is -0.792. The number of hydrogen-bond donors (Lipinski definition) is 3. The maximum absolute atomic E-state index is 12.2. The van der Waals surface area contributed by atoms with Crippen molar-refractivity contribution < 1.29 is 28.9 Å². The number of hydrogen-bond acceptors (Lipinski definition) is 10. The smallest absolute Gasteiger partial charge is 0.317 e. The van der Waals surface area contributed by atoms with Gasteiger partial charge in [-0.3, -0.25) is 4.79 Å². The lowest BCUT2D eigenvalue weighted by molar-refractivity contribution is -0.141. The van der Waals surface area contributed by atoms with E-state index in [1.165, 1.54) is 7.11 Å². The SMILES string of the molecule is COC(=O)CC(C)c1nsnc1OCC(O)CNC(C)(C)CNC(=O)N1CCOCC1. The zero-order chi connectivity index (χ0) is 22.9. The molecule has 2 atom stereocenters. The molecule has 1 aromatic heterocycles. The molecule has 0 radical (unpaired) electrons. The summed E-state index contributed by atoms with van der Waals surface area (Å²) < 4.78 is 23.9. The maximum atomic E-state index is 12.2. The highest BCUT2D eigenvalue weighted by atomic mass is 32.1. The molecule has 0 saturated carbocycles. The van der Waals surface area contributed by atoms with Crippen LogP contribution < -0.4 is 15.4 Å². The molecular weight excluding hydrogens is 426 g/mol. The maximum Gasteiger partial charge on any atom is 0.317 e. The highest BCUT2D eigenvalue weighted by Crippen LogP contribution is 2.27. The molecule has 1 fully saturated rings. The summed E-state index contributed by atoms with van der Waals surface area (Å²) in [7, 11) is 1.34. The number of aromatic nitrogens is 2. The molecule has 0 bridgehead atoms. The van der Waals surface area contributed by atoms with Crippen molar-refractivity contribution in [2.45, 2.75) is 44.8 Å². The van der Waals surface area contributed by atoms with E-state index in [4.69, 9.17) is 9.47 Å². The van der Waals surface area contributed by atoms with Crippen LogP contribution in [0.15, 0.2) is 0 Å². The molecule has 2 heterocycles. The molecule has 12 heteroatoms. The first-order chi connectivity index (χ1) is 14.7. The van der Waals surface area contributed by atoms with Gasteiger partial charge in [-0.1, -0.05) is 6.92 Å². The quantitative estimate of drug-likeness (QED) is 0.401. The van der Waals surface area contributed by atoms with E-state index in [2.05, 4.69) is 24.1 Å². The van der Waals surface area contributed by atoms with Crippen LogP contribution >= 0.6 is 11.7 Å². The Kier molecular flexibility index (Phi) is 9.88. The number of nitrogens with one attached hydrogen (secondary N) is 2. The number of ether oxygens (including phenoxy) is 3. The number of morpholine rings is 1. The first-order valence-corrected chi connectivity index (χ1v) is 11.0. The number of rotatable bonds is 11. The van der Waals surface area contributed by atoms with Crippen molar-refractivity contribution in [2.24, 2.45) is 0 Å². The van der Waals surface area contributed by atoms with E-state index in [0.717, 1.165) is 11.7 Å². The Morgan fingerprint density at radius 2 is 2.03 bits per heavy atom. The number of β-amino-alcohol motifs (C(OH)–C–C–N with tert-alkyl or cyclic N) is 1. The molecule has 2 rings (SSSR count). The lowest BCUT2D eigenvalue weighted by Crippen LogP contribution is -2.54. The molecule has 1 aromatic rings. The fourth-order valence-corrected chi connectivity index (χ4v) is 3.49. The largest absolute Gasteiger partial charge is 0.473 e. The Morgan fingerprint density at radius 1 is 1.32 bits per heavy atom. The standard InChI is InChI=1S/C19H33N5O6S/c1-13(9-15(26)28-4)16-17(23-31-22-16)30-11-14(25)10-21-19(2,3)12-20-18(27)24-5-7-29-8-6-24/h13-14,21,25H,5-12H2,1-4H3,(H,20,27). The average molecular weight is 460 g/mol. The van der Waals surface area contributed by atoms with Crippen molar-refractivity contribution in [3.8, 4) is 5.88 Å². The van der Waals surface area contributed by atoms with Crippen LogP contribution in [0, 0.1) is 0 Å². The van der Waals surface area contributed by atoms with Crippen LogP contribution in [0.5, 0.6) is 5.88 Å². The third-order valence-electron chi connectivity index (χ3n) is 4.86. The van der Waals surface area contributed by atoms with Gasteiger partial charge in [0.25, 0.3) is 0 Å². The number of nitrogens with zero attached hydrogens (tertiary/aromatic N) is 3. The predicted octanol–water partition coefficient (Wildman–Crippen LogP) is 0.354. The highest BCUT2D eigenvalue weighted by molar-refractivity contribution is 6.99. The molecule has 2 amide bonds. The molecule has 1 aliphatic rings. The molecule has 0 aliphatic carbocycles. The summed E-state index contributed by atoms with van der Waals surface area (Å²) >= 11 is 0.993. The van der Waals surface area contributed by atoms with Crippen LogP contribution in [0.25, 0.3) is 0 Å². The molecule has 31 heavy (non-hydrogen) atoms. The Labute approximate surface area is 186 Å². The molecule has 3 N–H and O–H groups in total. The molecule has 0 spiro atoms. The van der Waals surface area contributed by atoms with Crippen molar-refractivity contribution in [1.82, 2.24) is 24.3 Å². The van der Waals surface area contributed by atoms with Crippen molar-refractivity contribution >= 4 is 23.7 Å². The second kappa shape index (κ2) is 12.1. The summed E-state index contributed by atoms with van der Waals surface area (Å²) in [5, 5.41) is 16.4. The lowest BCUT2D eigenvalue weighted by Gasteiger charge is -2.31. The summed E-state index contributed by atoms with van der Waals surface area (Å²) in [6, 6.07) is -0.119. The van der Waals surface area contributed by atoms with E-state index in [0.29, 0.717) is 44.4 Å². The minimum Gasteiger partial charge on any atom is -0.473 e. The number of esters is 1. The van der Waals surface area contributed by atoms with Gasteiger partial charge in [-0.15, -0.1) is 4.37 Å². The van der Waals surface area contributed by atoms with Crippen LogP contribution in [-0.4, -0.2) is 95.5 Å². The molecule has 1 saturated heterocycles. The Bertz CT molecular complexity index is 710. The first-order valence-electron chi connectivity index (χ1n) is 10.3. The fourth-order valence-electron chi connectivity index (χ4n) is 2.88. The molecule has 176 valence electrons. The fraction of sp³-hybridized carbons (Fsp3) is 0.789. The second-order valence-electron chi connectivity index (χ2n) is 8.12. The summed E-state index contributed by atoms with van der Waals surface area (Å²) in [6.45, 7) is 8.70. The topological polar surface area (TPSA) is 135 Å². The van der Waals surface area contributed by atoms with Crippen molar-refractivity contribution in [2.75, 3.05) is 53.1 Å². The number of urea groups is 1. The molecular formula is C19H33N5O6S. The minimum absolute atomic E-state index is 0.0204. The summed E-state index contributed by atoms with van der Waals surface area (Å²) in [4.78, 5) is 25.4. The van der Waals surface area contributed by atoms with Gasteiger partial charge < -0.3 is 34.9 Å². The Morgan fingerprint density at radius 3 is 2.71 bits per heavy atom. The number of methoxy groups -OCH3 is 1. The second-order valence-corrected chi connectivity index (χ2v) is 8.65. The first kappa shape index (κ1) is 25.2. The van der Waals surface area contributed by atoms with Crippen LogP contribution in [-0.2, 0) is 14.3 Å². The van der Waals surface area contributed by atoms with E-state index in [1.807, 2.05) is 20.8 Å². The van der Waals surface area contributed by atoms with Crippen molar-refractivity contribution in [1.29, 1.82) is 0 Å². The Balaban J connectivity index is 1.72. The van der Waals surface area contributed by atoms with Crippen LogP contribution in [0.2, 0.25) is 0 Å². The third kappa shape index (κ3) is 8.56. The zero-order valence-electron chi connectivity index (χ0n) is 18.5. The van der Waals surface area contributed by atoms with Crippen molar-refractivity contribution in [3.63, 3.8) is 0 Å². The van der Waals surface area contributed by atoms with Crippen LogP contribution in [0.1, 0.15) is 38.8 Å². The van der Waals surface area contributed by atoms with Crippen molar-refractivity contribution in [3.05, 3.63) is 5.69 Å². The van der Waals surface area contributed by atoms with Gasteiger partial charge in [-0.25, -0.2) is 4.79 Å². The van der Waals surface area contributed by atoms with E-state index in [1.54, 1.807) is 4.90 Å². The van der Waals surface area contributed by atoms with Gasteiger partial charge in [0.15, 0.2) is 0 Å². The third-order valence-corrected chi connectivity index (χ3v) is 5.38. The highest BCUT2D eigenvalue weighted by Gasteiger charge is 2.24. The van der Waals surface area contributed by atoms with E-state index < -0.39 is 11.6 Å². The number of amides is 2. The van der Waals surface area contributed by atoms with E-state index in [-0.39, 0.29) is 37.5 Å². The number of carbonyl (C=O) groups excluding carboxylic acids is 2. The molecule has 2 unspecified atom stereocenters. The summed E-state index contributed by atoms with van der Waals surface area (Å²) in [5.74, 6) is -0.221. The van der Waals surface area contributed by atoms with Crippen LogP contribution in [0.3, 0.4) is 0 Å². The molecule has 1 aliphatic heterocycles. The predicted molar refractivity (Wildman–Crippen MR) is 114 cm³/mol. The number of aliphatic hydroxyl groups is 1. The van der Waals surface area contributed by atoms with Gasteiger partial charge in [-0.05, 0) is 13.8 Å². The van der Waals surface area contributed by atoms with E-state index in [9.17, 15) is 14.7 Å². The van der Waals surface area contributed by atoms with Gasteiger partial charge in [0, 0.05) is 37.6 Å². The van der Waals surface area contributed by atoms with Crippen LogP contribution in [0.4, 0.5) is 4.79 Å². The molecule has 11 nitrogen and oxygen atoms in total. The van der Waals surface area contributed by atoms with Gasteiger partial charge in [-0.2, -0.15) is 4.37 Å². The van der Waals surface area contributed by atoms with Gasteiger partial charge in [0.1, 0.15) is 18.4 Å². The average Bonchev–Trinajstić information content (AvgIpc) is 3.24.